The second-order valence-electron chi connectivity index (χ2n) is 8.58. The molecular weight excluding hydrogens is 254 g/mol. The summed E-state index contributed by atoms with van der Waals surface area (Å²) < 4.78 is 0. The van der Waals surface area contributed by atoms with Crippen LogP contribution < -0.4 is 5.32 Å². The van der Waals surface area contributed by atoms with Gasteiger partial charge in [0.1, 0.15) is 0 Å². The van der Waals surface area contributed by atoms with E-state index in [-0.39, 0.29) is 5.41 Å². The first kappa shape index (κ1) is 20.5. The van der Waals surface area contributed by atoms with Gasteiger partial charge in [0.25, 0.3) is 0 Å². The second kappa shape index (κ2) is 9.54. The number of nitrogens with one attached hydrogen (secondary N) is 1. The van der Waals surface area contributed by atoms with Gasteiger partial charge in [-0.25, -0.2) is 0 Å². The number of unbranched alkanes of at least 4 members (excludes halogenated alkanes) is 3. The molecule has 0 aliphatic heterocycles. The van der Waals surface area contributed by atoms with Crippen LogP contribution in [0.4, 0.5) is 0 Å². The maximum absolute atomic E-state index is 4.29. The number of rotatable bonds is 12. The normalized spacial score (nSPS) is 12.8. The molecule has 1 N–H and O–H groups in total. The second-order valence-corrected chi connectivity index (χ2v) is 8.58. The zero-order valence-electron chi connectivity index (χ0n) is 15.9. The molecule has 0 amide bonds. The topological polar surface area (TPSA) is 12.0 Å². The minimum atomic E-state index is 0.178. The van der Waals surface area contributed by atoms with Gasteiger partial charge in [-0.2, -0.15) is 0 Å². The van der Waals surface area contributed by atoms with Crippen molar-refractivity contribution in [1.29, 1.82) is 0 Å². The Morgan fingerprint density at radius 2 is 1.57 bits per heavy atom. The SMILES string of the molecule is C=C(NCCCCCCC(C)C)C(C)(C)CC(C)(C)CC. The van der Waals surface area contributed by atoms with Gasteiger partial charge in [0.15, 0.2) is 0 Å². The summed E-state index contributed by atoms with van der Waals surface area (Å²) in [5.74, 6) is 0.852. The summed E-state index contributed by atoms with van der Waals surface area (Å²) in [7, 11) is 0. The lowest BCUT2D eigenvalue weighted by molar-refractivity contribution is 0.212. The van der Waals surface area contributed by atoms with Crippen molar-refractivity contribution in [3.8, 4) is 0 Å². The molecule has 0 aromatic rings. The van der Waals surface area contributed by atoms with E-state index in [2.05, 4.69) is 60.4 Å². The largest absolute Gasteiger partial charge is 0.388 e. The van der Waals surface area contributed by atoms with E-state index in [1.807, 2.05) is 0 Å². The van der Waals surface area contributed by atoms with Crippen LogP contribution in [0, 0.1) is 16.7 Å². The fourth-order valence-electron chi connectivity index (χ4n) is 2.94. The molecule has 0 aromatic heterocycles. The van der Waals surface area contributed by atoms with Crippen LogP contribution in [0.1, 0.15) is 93.4 Å². The minimum Gasteiger partial charge on any atom is -0.388 e. The third-order valence-electron chi connectivity index (χ3n) is 4.74. The van der Waals surface area contributed by atoms with Gasteiger partial charge in [-0.1, -0.05) is 87.1 Å². The van der Waals surface area contributed by atoms with Gasteiger partial charge in [-0.05, 0) is 24.2 Å². The first-order valence-electron chi connectivity index (χ1n) is 9.04. The predicted molar refractivity (Wildman–Crippen MR) is 97.5 cm³/mol. The van der Waals surface area contributed by atoms with Crippen molar-refractivity contribution in [2.45, 2.75) is 93.4 Å². The maximum atomic E-state index is 4.29. The Bertz CT molecular complexity index is 286. The molecule has 0 saturated heterocycles. The third kappa shape index (κ3) is 9.98. The molecule has 0 heterocycles. The van der Waals surface area contributed by atoms with Crippen molar-refractivity contribution in [2.24, 2.45) is 16.7 Å². The summed E-state index contributed by atoms with van der Waals surface area (Å²) in [5, 5.41) is 3.57. The van der Waals surface area contributed by atoms with E-state index in [1.165, 1.54) is 50.6 Å². The highest BCUT2D eigenvalue weighted by molar-refractivity contribution is 5.06. The Labute approximate surface area is 135 Å². The lowest BCUT2D eigenvalue weighted by atomic mass is 9.72. The van der Waals surface area contributed by atoms with E-state index in [0.29, 0.717) is 5.41 Å². The highest BCUT2D eigenvalue weighted by Gasteiger charge is 2.29. The van der Waals surface area contributed by atoms with Crippen molar-refractivity contribution in [3.05, 3.63) is 12.3 Å². The Kier molecular flexibility index (Phi) is 9.33. The van der Waals surface area contributed by atoms with Gasteiger partial charge in [-0.15, -0.1) is 0 Å². The molecule has 0 aliphatic carbocycles. The molecule has 0 unspecified atom stereocenters. The van der Waals surface area contributed by atoms with Gasteiger partial charge in [0.2, 0.25) is 0 Å². The quantitative estimate of drug-likeness (QED) is 0.403. The summed E-state index contributed by atoms with van der Waals surface area (Å²) in [6, 6.07) is 0. The summed E-state index contributed by atoms with van der Waals surface area (Å²) >= 11 is 0. The molecule has 1 nitrogen and oxygen atoms in total. The average molecular weight is 296 g/mol. The molecule has 0 aliphatic rings. The Hall–Kier alpha value is -0.460. The van der Waals surface area contributed by atoms with Crippen LogP contribution >= 0.6 is 0 Å². The molecule has 21 heavy (non-hydrogen) atoms. The molecule has 0 spiro atoms. The van der Waals surface area contributed by atoms with E-state index >= 15 is 0 Å². The van der Waals surface area contributed by atoms with Gasteiger partial charge >= 0.3 is 0 Å². The highest BCUT2D eigenvalue weighted by Crippen LogP contribution is 2.39. The Morgan fingerprint density at radius 3 is 2.10 bits per heavy atom. The molecule has 0 aromatic carbocycles. The summed E-state index contributed by atoms with van der Waals surface area (Å²) in [5.41, 5.74) is 1.79. The zero-order chi connectivity index (χ0) is 16.5. The number of hydrogen-bond donors (Lipinski definition) is 1. The Balaban J connectivity index is 3.87. The molecule has 0 bridgehead atoms. The third-order valence-corrected chi connectivity index (χ3v) is 4.74. The molecule has 0 atom stereocenters. The van der Waals surface area contributed by atoms with Crippen LogP contribution in [-0.4, -0.2) is 6.54 Å². The zero-order valence-corrected chi connectivity index (χ0v) is 15.9. The van der Waals surface area contributed by atoms with Crippen molar-refractivity contribution in [2.75, 3.05) is 6.54 Å². The maximum Gasteiger partial charge on any atom is 0.0143 e. The van der Waals surface area contributed by atoms with Crippen molar-refractivity contribution in [3.63, 3.8) is 0 Å². The van der Waals surface area contributed by atoms with Crippen LogP contribution in [0.15, 0.2) is 12.3 Å². The molecule has 1 heteroatoms. The van der Waals surface area contributed by atoms with Crippen LogP contribution in [0.2, 0.25) is 0 Å². The molecule has 0 saturated carbocycles. The van der Waals surface area contributed by atoms with Crippen LogP contribution in [0.25, 0.3) is 0 Å². The molecule has 0 radical (unpaired) electrons. The van der Waals surface area contributed by atoms with Crippen LogP contribution in [0.5, 0.6) is 0 Å². The van der Waals surface area contributed by atoms with E-state index in [9.17, 15) is 0 Å². The van der Waals surface area contributed by atoms with Crippen molar-refractivity contribution in [1.82, 2.24) is 5.32 Å². The van der Waals surface area contributed by atoms with Gasteiger partial charge in [0, 0.05) is 17.7 Å². The van der Waals surface area contributed by atoms with E-state index in [0.717, 1.165) is 12.5 Å². The van der Waals surface area contributed by atoms with Crippen LogP contribution in [0.3, 0.4) is 0 Å². The standard InChI is InChI=1S/C20H41N/c1-9-19(5,6)16-20(7,8)18(4)21-15-13-11-10-12-14-17(2)3/h17,21H,4,9-16H2,1-3,5-8H3. The van der Waals surface area contributed by atoms with E-state index < -0.39 is 0 Å². The van der Waals surface area contributed by atoms with Crippen molar-refractivity contribution < 1.29 is 0 Å². The lowest BCUT2D eigenvalue weighted by Crippen LogP contribution is -2.31. The van der Waals surface area contributed by atoms with Gasteiger partial charge in [0.05, 0.1) is 0 Å². The first-order chi connectivity index (χ1) is 9.60. The Morgan fingerprint density at radius 1 is 1.00 bits per heavy atom. The van der Waals surface area contributed by atoms with E-state index in [4.69, 9.17) is 0 Å². The first-order valence-corrected chi connectivity index (χ1v) is 9.04. The van der Waals surface area contributed by atoms with E-state index in [1.54, 1.807) is 0 Å². The summed E-state index contributed by atoms with van der Waals surface area (Å²) in [6.45, 7) is 21.6. The highest BCUT2D eigenvalue weighted by atomic mass is 14.9. The predicted octanol–water partition coefficient (Wildman–Crippen LogP) is 6.55. The smallest absolute Gasteiger partial charge is 0.0143 e. The van der Waals surface area contributed by atoms with Gasteiger partial charge in [-0.3, -0.25) is 0 Å². The molecule has 126 valence electrons. The molecule has 0 fully saturated rings. The van der Waals surface area contributed by atoms with Gasteiger partial charge < -0.3 is 5.32 Å². The summed E-state index contributed by atoms with van der Waals surface area (Å²) in [6.07, 6.45) is 9.15. The summed E-state index contributed by atoms with van der Waals surface area (Å²) in [4.78, 5) is 0. The lowest BCUT2D eigenvalue weighted by Gasteiger charge is -2.36. The average Bonchev–Trinajstić information content (AvgIpc) is 2.35. The fourth-order valence-corrected chi connectivity index (χ4v) is 2.94. The monoisotopic (exact) mass is 295 g/mol. The fraction of sp³-hybridized carbons (Fsp3) is 0.900. The number of hydrogen-bond acceptors (Lipinski definition) is 1. The number of allylic oxidation sites excluding steroid dienone is 1. The molecular formula is C20H41N. The van der Waals surface area contributed by atoms with Crippen LogP contribution in [-0.2, 0) is 0 Å². The minimum absolute atomic E-state index is 0.178. The van der Waals surface area contributed by atoms with Crippen molar-refractivity contribution >= 4 is 0 Å². The molecule has 0 rings (SSSR count).